The minimum atomic E-state index is -0.248. The summed E-state index contributed by atoms with van der Waals surface area (Å²) >= 11 is 0. The Bertz CT molecular complexity index is 469. The number of hydrogen-bond donors (Lipinski definition) is 1. The maximum Gasteiger partial charge on any atom is 0.104 e. The van der Waals surface area contributed by atoms with E-state index in [1.807, 2.05) is 30.3 Å². The molecule has 0 aliphatic heterocycles. The molecule has 2 rings (SSSR count). The third kappa shape index (κ3) is 1.29. The van der Waals surface area contributed by atoms with Crippen molar-refractivity contribution in [1.82, 2.24) is 4.98 Å². The predicted molar refractivity (Wildman–Crippen MR) is 56.8 cm³/mol. The number of para-hydroxylation sites is 1. The van der Waals surface area contributed by atoms with Gasteiger partial charge in [-0.1, -0.05) is 24.3 Å². The monoisotopic (exact) mass is 182 g/mol. The van der Waals surface area contributed by atoms with Crippen LogP contribution >= 0.6 is 0 Å². The molecule has 1 unspecified atom stereocenters. The second kappa shape index (κ2) is 3.39. The number of aromatic nitrogens is 1. The Labute approximate surface area is 82.5 Å². The van der Waals surface area contributed by atoms with Gasteiger partial charge in [-0.2, -0.15) is 5.26 Å². The first-order valence-electron chi connectivity index (χ1n) is 4.45. The summed E-state index contributed by atoms with van der Waals surface area (Å²) in [5, 5.41) is 9.99. The Hall–Kier alpha value is -2.01. The van der Waals surface area contributed by atoms with Crippen molar-refractivity contribution < 1.29 is 0 Å². The smallest absolute Gasteiger partial charge is 0.104 e. The molecule has 68 valence electrons. The van der Waals surface area contributed by atoms with E-state index in [1.165, 1.54) is 0 Å². The first kappa shape index (κ1) is 8.58. The molecular formula is C12H10N2. The topological polar surface area (TPSA) is 39.6 Å². The van der Waals surface area contributed by atoms with Crippen LogP contribution in [0.3, 0.4) is 0 Å². The van der Waals surface area contributed by atoms with E-state index in [4.69, 9.17) is 5.26 Å². The van der Waals surface area contributed by atoms with Gasteiger partial charge in [-0.15, -0.1) is 6.58 Å². The lowest BCUT2D eigenvalue weighted by atomic mass is 10.1. The van der Waals surface area contributed by atoms with Crippen LogP contribution in [0.2, 0.25) is 0 Å². The molecule has 1 atom stereocenters. The van der Waals surface area contributed by atoms with Crippen molar-refractivity contribution in [2.75, 3.05) is 0 Å². The van der Waals surface area contributed by atoms with Gasteiger partial charge in [0.1, 0.15) is 5.92 Å². The van der Waals surface area contributed by atoms with Gasteiger partial charge in [-0.25, -0.2) is 0 Å². The van der Waals surface area contributed by atoms with Crippen LogP contribution in [0.25, 0.3) is 10.9 Å². The maximum atomic E-state index is 8.86. The van der Waals surface area contributed by atoms with E-state index in [1.54, 1.807) is 6.08 Å². The first-order valence-corrected chi connectivity index (χ1v) is 4.45. The number of rotatable bonds is 2. The fourth-order valence-corrected chi connectivity index (χ4v) is 1.51. The molecule has 0 aliphatic carbocycles. The highest BCUT2D eigenvalue weighted by molar-refractivity contribution is 5.80. The summed E-state index contributed by atoms with van der Waals surface area (Å²) in [7, 11) is 0. The van der Waals surface area contributed by atoms with Gasteiger partial charge in [-0.3, -0.25) is 0 Å². The lowest BCUT2D eigenvalue weighted by Crippen LogP contribution is -1.89. The highest BCUT2D eigenvalue weighted by atomic mass is 14.7. The van der Waals surface area contributed by atoms with E-state index in [9.17, 15) is 0 Å². The molecule has 2 heteroatoms. The first-order chi connectivity index (χ1) is 6.85. The highest BCUT2D eigenvalue weighted by Crippen LogP contribution is 2.21. The summed E-state index contributed by atoms with van der Waals surface area (Å²) in [5.41, 5.74) is 1.97. The molecule has 1 aromatic carbocycles. The molecule has 0 amide bonds. The molecule has 14 heavy (non-hydrogen) atoms. The van der Waals surface area contributed by atoms with Gasteiger partial charge in [0.05, 0.1) is 6.07 Å². The van der Waals surface area contributed by atoms with Gasteiger partial charge in [-0.05, 0) is 17.5 Å². The molecule has 2 aromatic rings. The summed E-state index contributed by atoms with van der Waals surface area (Å²) in [6.45, 7) is 3.64. The molecule has 0 radical (unpaired) electrons. The summed E-state index contributed by atoms with van der Waals surface area (Å²) in [5.74, 6) is -0.248. The third-order valence-corrected chi connectivity index (χ3v) is 2.26. The lowest BCUT2D eigenvalue weighted by molar-refractivity contribution is 1.04. The number of hydrogen-bond acceptors (Lipinski definition) is 1. The largest absolute Gasteiger partial charge is 0.357 e. The van der Waals surface area contributed by atoms with E-state index in [-0.39, 0.29) is 5.92 Å². The SMILES string of the molecule is C=CC(C#N)c1cc2ccccc2[nH]1. The van der Waals surface area contributed by atoms with Gasteiger partial charge in [0.25, 0.3) is 0 Å². The normalized spacial score (nSPS) is 12.2. The zero-order chi connectivity index (χ0) is 9.97. The van der Waals surface area contributed by atoms with Crippen LogP contribution < -0.4 is 0 Å². The molecule has 0 saturated carbocycles. The van der Waals surface area contributed by atoms with Gasteiger partial charge in [0.2, 0.25) is 0 Å². The Morgan fingerprint density at radius 3 is 2.86 bits per heavy atom. The Morgan fingerprint density at radius 1 is 1.43 bits per heavy atom. The summed E-state index contributed by atoms with van der Waals surface area (Å²) in [4.78, 5) is 3.20. The van der Waals surface area contributed by atoms with E-state index in [0.29, 0.717) is 0 Å². The summed E-state index contributed by atoms with van der Waals surface area (Å²) in [6.07, 6.45) is 1.64. The molecule has 0 aliphatic rings. The van der Waals surface area contributed by atoms with Crippen molar-refractivity contribution in [3.05, 3.63) is 48.7 Å². The number of H-pyrrole nitrogens is 1. The fraction of sp³-hybridized carbons (Fsp3) is 0.0833. The van der Waals surface area contributed by atoms with Crippen molar-refractivity contribution in [2.45, 2.75) is 5.92 Å². The lowest BCUT2D eigenvalue weighted by Gasteiger charge is -1.96. The zero-order valence-corrected chi connectivity index (χ0v) is 7.70. The predicted octanol–water partition coefficient (Wildman–Crippen LogP) is 2.96. The van der Waals surface area contributed by atoms with Crippen LogP contribution in [0.5, 0.6) is 0 Å². The zero-order valence-electron chi connectivity index (χ0n) is 7.70. The molecule has 0 bridgehead atoms. The maximum absolute atomic E-state index is 8.86. The molecule has 1 N–H and O–H groups in total. The minimum Gasteiger partial charge on any atom is -0.357 e. The van der Waals surface area contributed by atoms with Gasteiger partial charge in [0, 0.05) is 11.2 Å². The number of aromatic amines is 1. The van der Waals surface area contributed by atoms with Crippen molar-refractivity contribution >= 4 is 10.9 Å². The second-order valence-corrected chi connectivity index (χ2v) is 3.15. The summed E-state index contributed by atoms with van der Waals surface area (Å²) < 4.78 is 0. The van der Waals surface area contributed by atoms with Crippen molar-refractivity contribution in [1.29, 1.82) is 5.26 Å². The van der Waals surface area contributed by atoms with Gasteiger partial charge >= 0.3 is 0 Å². The molecule has 0 fully saturated rings. The molecule has 1 heterocycles. The van der Waals surface area contributed by atoms with E-state index in [0.717, 1.165) is 16.6 Å². The minimum absolute atomic E-state index is 0.248. The molecule has 1 aromatic heterocycles. The number of nitrogens with zero attached hydrogens (tertiary/aromatic N) is 1. The summed E-state index contributed by atoms with van der Waals surface area (Å²) in [6, 6.07) is 12.1. The van der Waals surface area contributed by atoms with Crippen LogP contribution in [0.1, 0.15) is 11.6 Å². The Morgan fingerprint density at radius 2 is 2.21 bits per heavy atom. The van der Waals surface area contributed by atoms with Crippen LogP contribution in [-0.4, -0.2) is 4.98 Å². The average molecular weight is 182 g/mol. The Kier molecular flexibility index (Phi) is 2.08. The van der Waals surface area contributed by atoms with Gasteiger partial charge < -0.3 is 4.98 Å². The number of fused-ring (bicyclic) bond motifs is 1. The van der Waals surface area contributed by atoms with Crippen LogP contribution in [0.4, 0.5) is 0 Å². The highest BCUT2D eigenvalue weighted by Gasteiger charge is 2.08. The van der Waals surface area contributed by atoms with Crippen molar-refractivity contribution in [3.8, 4) is 6.07 Å². The number of benzene rings is 1. The van der Waals surface area contributed by atoms with Crippen LogP contribution in [0, 0.1) is 11.3 Å². The van der Waals surface area contributed by atoms with Crippen LogP contribution in [0.15, 0.2) is 43.0 Å². The van der Waals surface area contributed by atoms with E-state index < -0.39 is 0 Å². The second-order valence-electron chi connectivity index (χ2n) is 3.15. The number of allylic oxidation sites excluding steroid dienone is 1. The molecule has 2 nitrogen and oxygen atoms in total. The van der Waals surface area contributed by atoms with Crippen LogP contribution in [-0.2, 0) is 0 Å². The van der Waals surface area contributed by atoms with Crippen molar-refractivity contribution in [2.24, 2.45) is 0 Å². The van der Waals surface area contributed by atoms with E-state index in [2.05, 4.69) is 17.6 Å². The third-order valence-electron chi connectivity index (χ3n) is 2.26. The van der Waals surface area contributed by atoms with E-state index >= 15 is 0 Å². The quantitative estimate of drug-likeness (QED) is 0.712. The standard InChI is InChI=1S/C12H10N2/c1-2-9(8-13)12-7-10-5-3-4-6-11(10)14-12/h2-7,9,14H,1H2. The molecular weight excluding hydrogens is 172 g/mol. The van der Waals surface area contributed by atoms with Gasteiger partial charge in [0.15, 0.2) is 0 Å². The fourth-order valence-electron chi connectivity index (χ4n) is 1.51. The number of nitrogens with one attached hydrogen (secondary N) is 1. The molecule has 0 saturated heterocycles. The molecule has 0 spiro atoms. The van der Waals surface area contributed by atoms with Crippen molar-refractivity contribution in [3.63, 3.8) is 0 Å². The average Bonchev–Trinajstić information content (AvgIpc) is 2.63. The number of nitriles is 1. The Balaban J connectivity index is 2.55.